The van der Waals surface area contributed by atoms with E-state index in [1.807, 2.05) is 18.2 Å². The summed E-state index contributed by atoms with van der Waals surface area (Å²) in [7, 11) is 0. The largest absolute Gasteiger partial charge is 0.395 e. The number of nitrogens with two attached hydrogens (primary N) is 1. The predicted octanol–water partition coefficient (Wildman–Crippen LogP) is 1.91. The number of aliphatic hydroxyl groups is 1. The maximum Gasteiger partial charge on any atom is 0.0963 e. The van der Waals surface area contributed by atoms with E-state index < -0.39 is 0 Å². The highest BCUT2D eigenvalue weighted by molar-refractivity contribution is 8.00. The van der Waals surface area contributed by atoms with Crippen molar-refractivity contribution in [2.75, 3.05) is 6.61 Å². The summed E-state index contributed by atoms with van der Waals surface area (Å²) in [5.41, 5.74) is 6.13. The lowest BCUT2D eigenvalue weighted by Crippen LogP contribution is -2.45. The van der Waals surface area contributed by atoms with Gasteiger partial charge >= 0.3 is 0 Å². The second-order valence-electron chi connectivity index (χ2n) is 4.90. The van der Waals surface area contributed by atoms with Gasteiger partial charge in [0.15, 0.2) is 0 Å². The van der Waals surface area contributed by atoms with Crippen molar-refractivity contribution in [1.82, 2.24) is 4.98 Å². The zero-order valence-electron chi connectivity index (χ0n) is 10.1. The van der Waals surface area contributed by atoms with E-state index in [1.165, 1.54) is 11.8 Å². The molecule has 2 atom stereocenters. The number of nitrogens with zero attached hydrogens (tertiary/aromatic N) is 1. The van der Waals surface area contributed by atoms with E-state index in [0.29, 0.717) is 0 Å². The molecule has 0 bridgehead atoms. The van der Waals surface area contributed by atoms with E-state index in [9.17, 15) is 5.11 Å². The highest BCUT2D eigenvalue weighted by Gasteiger charge is 2.29. The van der Waals surface area contributed by atoms with Gasteiger partial charge in [0.1, 0.15) is 0 Å². The zero-order chi connectivity index (χ0) is 12.2. The molecule has 2 unspecified atom stereocenters. The molecule has 1 aromatic rings. The van der Waals surface area contributed by atoms with Crippen LogP contribution in [0.4, 0.5) is 0 Å². The van der Waals surface area contributed by atoms with Crippen molar-refractivity contribution in [3.8, 4) is 0 Å². The monoisotopic (exact) mass is 240 g/mol. The average molecular weight is 240 g/mol. The summed E-state index contributed by atoms with van der Waals surface area (Å²) in [6.07, 6.45) is 1.75. The number of pyridine rings is 1. The van der Waals surface area contributed by atoms with E-state index in [1.54, 1.807) is 6.20 Å². The minimum atomic E-state index is -0.0653. The van der Waals surface area contributed by atoms with Crippen LogP contribution in [-0.2, 0) is 0 Å². The Morgan fingerprint density at radius 3 is 2.56 bits per heavy atom. The van der Waals surface area contributed by atoms with Gasteiger partial charge in [0.25, 0.3) is 0 Å². The van der Waals surface area contributed by atoms with Crippen molar-refractivity contribution in [2.45, 2.75) is 37.1 Å². The molecule has 0 radical (unpaired) electrons. The minimum absolute atomic E-state index is 0.0186. The Hall–Kier alpha value is -0.580. The zero-order valence-corrected chi connectivity index (χ0v) is 10.9. The van der Waals surface area contributed by atoms with E-state index in [4.69, 9.17) is 5.73 Å². The van der Waals surface area contributed by atoms with E-state index in [-0.39, 0.29) is 23.3 Å². The van der Waals surface area contributed by atoms with Gasteiger partial charge in [-0.2, -0.15) is 0 Å². The first-order valence-electron chi connectivity index (χ1n) is 5.39. The third-order valence-corrected chi connectivity index (χ3v) is 3.72. The maximum absolute atomic E-state index is 9.39. The number of thioether (sulfide) groups is 1. The van der Waals surface area contributed by atoms with Crippen molar-refractivity contribution in [2.24, 2.45) is 11.1 Å². The fraction of sp³-hybridized carbons (Fsp3) is 0.583. The molecule has 0 spiro atoms. The highest BCUT2D eigenvalue weighted by Crippen LogP contribution is 2.30. The van der Waals surface area contributed by atoms with Crippen molar-refractivity contribution in [1.29, 1.82) is 0 Å². The number of hydrogen-bond acceptors (Lipinski definition) is 4. The molecule has 0 fully saturated rings. The first kappa shape index (κ1) is 13.5. The van der Waals surface area contributed by atoms with Crippen LogP contribution in [0.3, 0.4) is 0 Å². The second-order valence-corrected chi connectivity index (χ2v) is 6.16. The number of aliphatic hydroxyl groups excluding tert-OH is 1. The van der Waals surface area contributed by atoms with E-state index >= 15 is 0 Å². The quantitative estimate of drug-likeness (QED) is 0.789. The van der Waals surface area contributed by atoms with E-state index in [0.717, 1.165) is 5.03 Å². The van der Waals surface area contributed by atoms with Crippen LogP contribution in [0, 0.1) is 5.41 Å². The van der Waals surface area contributed by atoms with E-state index in [2.05, 4.69) is 25.8 Å². The summed E-state index contributed by atoms with van der Waals surface area (Å²) in [6, 6.07) is 5.68. The smallest absolute Gasteiger partial charge is 0.0963 e. The van der Waals surface area contributed by atoms with Crippen LogP contribution in [-0.4, -0.2) is 28.0 Å². The summed E-state index contributed by atoms with van der Waals surface area (Å²) < 4.78 is 0. The summed E-state index contributed by atoms with van der Waals surface area (Å²) in [5, 5.41) is 10.3. The topological polar surface area (TPSA) is 59.1 Å². The fourth-order valence-corrected chi connectivity index (χ4v) is 2.57. The third kappa shape index (κ3) is 3.77. The standard InChI is InChI=1S/C12H20N2OS/c1-12(2,3)11(13)9(8-15)16-10-6-4-5-7-14-10/h4-7,9,11,15H,8,13H2,1-3H3. The van der Waals surface area contributed by atoms with Crippen molar-refractivity contribution in [3.05, 3.63) is 24.4 Å². The summed E-state index contributed by atoms with van der Waals surface area (Å²) in [4.78, 5) is 4.23. The Kier molecular flexibility index (Phi) is 4.77. The van der Waals surface area contributed by atoms with Crippen LogP contribution >= 0.6 is 11.8 Å². The average Bonchev–Trinajstić information content (AvgIpc) is 2.25. The lowest BCUT2D eigenvalue weighted by Gasteiger charge is -2.32. The maximum atomic E-state index is 9.39. The Bertz CT molecular complexity index is 311. The first-order valence-corrected chi connectivity index (χ1v) is 6.27. The molecule has 0 aliphatic rings. The minimum Gasteiger partial charge on any atom is -0.395 e. The Labute approximate surface area is 101 Å². The summed E-state index contributed by atoms with van der Waals surface area (Å²) >= 11 is 1.54. The Balaban J connectivity index is 2.70. The van der Waals surface area contributed by atoms with Crippen molar-refractivity contribution >= 4 is 11.8 Å². The molecule has 1 rings (SSSR count). The number of aromatic nitrogens is 1. The molecule has 3 N–H and O–H groups in total. The van der Waals surface area contributed by atoms with Gasteiger partial charge in [0.05, 0.1) is 11.6 Å². The van der Waals surface area contributed by atoms with Crippen molar-refractivity contribution < 1.29 is 5.11 Å². The second kappa shape index (κ2) is 5.66. The number of hydrogen-bond donors (Lipinski definition) is 2. The molecule has 90 valence electrons. The van der Waals surface area contributed by atoms with Crippen molar-refractivity contribution in [3.63, 3.8) is 0 Å². The van der Waals surface area contributed by atoms with Gasteiger partial charge in [-0.1, -0.05) is 38.6 Å². The van der Waals surface area contributed by atoms with Crippen LogP contribution in [0.1, 0.15) is 20.8 Å². The predicted molar refractivity (Wildman–Crippen MR) is 68.4 cm³/mol. The van der Waals surface area contributed by atoms with Gasteiger partial charge in [-0.25, -0.2) is 4.98 Å². The van der Waals surface area contributed by atoms with Gasteiger partial charge in [0.2, 0.25) is 0 Å². The highest BCUT2D eigenvalue weighted by atomic mass is 32.2. The third-order valence-electron chi connectivity index (χ3n) is 2.49. The molecule has 4 heteroatoms. The molecule has 1 aromatic heterocycles. The first-order chi connectivity index (χ1) is 7.45. The summed E-state index contributed by atoms with van der Waals surface area (Å²) in [5.74, 6) is 0. The van der Waals surface area contributed by atoms with Gasteiger partial charge in [-0.05, 0) is 17.5 Å². The van der Waals surface area contributed by atoms with Crippen LogP contribution in [0.25, 0.3) is 0 Å². The molecule has 0 aliphatic carbocycles. The molecule has 0 aliphatic heterocycles. The Morgan fingerprint density at radius 1 is 1.44 bits per heavy atom. The van der Waals surface area contributed by atoms with Crippen LogP contribution in [0.2, 0.25) is 0 Å². The van der Waals surface area contributed by atoms with Crippen LogP contribution in [0.5, 0.6) is 0 Å². The Morgan fingerprint density at radius 2 is 2.12 bits per heavy atom. The molecule has 16 heavy (non-hydrogen) atoms. The molecule has 0 aromatic carbocycles. The lowest BCUT2D eigenvalue weighted by atomic mass is 9.85. The molecule has 0 saturated heterocycles. The van der Waals surface area contributed by atoms with Gasteiger partial charge in [0, 0.05) is 17.5 Å². The molecular weight excluding hydrogens is 220 g/mol. The lowest BCUT2D eigenvalue weighted by molar-refractivity contribution is 0.233. The molecule has 1 heterocycles. The van der Waals surface area contributed by atoms with Crippen LogP contribution < -0.4 is 5.73 Å². The SMILES string of the molecule is CC(C)(C)C(N)C(CO)Sc1ccccn1. The van der Waals surface area contributed by atoms with Crippen LogP contribution in [0.15, 0.2) is 29.4 Å². The normalized spacial score (nSPS) is 15.8. The molecular formula is C12H20N2OS. The van der Waals surface area contributed by atoms with Gasteiger partial charge in [-0.15, -0.1) is 0 Å². The molecule has 0 amide bonds. The van der Waals surface area contributed by atoms with Gasteiger partial charge < -0.3 is 10.8 Å². The number of rotatable bonds is 4. The summed E-state index contributed by atoms with van der Waals surface area (Å²) in [6.45, 7) is 6.32. The molecule has 0 saturated carbocycles. The van der Waals surface area contributed by atoms with Gasteiger partial charge in [-0.3, -0.25) is 0 Å². The molecule has 3 nitrogen and oxygen atoms in total. The fourth-order valence-electron chi connectivity index (χ4n) is 1.35.